The number of hydrogen-bond donors (Lipinski definition) is 1. The molecular weight excluding hydrogens is 250 g/mol. The number of rotatable bonds is 7. The summed E-state index contributed by atoms with van der Waals surface area (Å²) in [7, 11) is 0. The second-order valence-corrected chi connectivity index (χ2v) is 7.06. The lowest BCUT2D eigenvalue weighted by molar-refractivity contribution is 0.267. The molecule has 2 saturated carbocycles. The van der Waals surface area contributed by atoms with E-state index in [1.165, 1.54) is 44.9 Å². The third-order valence-corrected chi connectivity index (χ3v) is 4.63. The highest BCUT2D eigenvalue weighted by molar-refractivity contribution is 5.07. The average molecular weight is 277 g/mol. The van der Waals surface area contributed by atoms with Crippen LogP contribution in [-0.2, 0) is 11.8 Å². The maximum Gasteiger partial charge on any atom is 0.222 e. The van der Waals surface area contributed by atoms with E-state index < -0.39 is 0 Å². The Labute approximate surface area is 121 Å². The van der Waals surface area contributed by atoms with Crippen LogP contribution in [0.3, 0.4) is 0 Å². The molecule has 0 amide bonds. The molecule has 4 heteroatoms. The molecule has 3 rings (SSSR count). The molecule has 4 nitrogen and oxygen atoms in total. The van der Waals surface area contributed by atoms with Crippen LogP contribution in [0.15, 0.2) is 4.42 Å². The quantitative estimate of drug-likeness (QED) is 0.831. The first-order valence-electron chi connectivity index (χ1n) is 8.24. The topological polar surface area (TPSA) is 51.0 Å². The van der Waals surface area contributed by atoms with Gasteiger partial charge >= 0.3 is 0 Å². The molecule has 1 N–H and O–H groups in total. The molecule has 2 aliphatic carbocycles. The van der Waals surface area contributed by atoms with E-state index in [4.69, 9.17) is 4.42 Å². The third kappa shape index (κ3) is 3.22. The molecule has 0 saturated heterocycles. The van der Waals surface area contributed by atoms with Gasteiger partial charge in [-0.05, 0) is 38.0 Å². The normalized spacial score (nSPS) is 21.8. The Morgan fingerprint density at radius 1 is 1.25 bits per heavy atom. The van der Waals surface area contributed by atoms with Crippen LogP contribution in [-0.4, -0.2) is 22.8 Å². The van der Waals surface area contributed by atoms with Gasteiger partial charge in [-0.2, -0.15) is 0 Å². The lowest BCUT2D eigenvalue weighted by Gasteiger charge is -2.26. The Morgan fingerprint density at radius 2 is 2.00 bits per heavy atom. The fraction of sp³-hybridized carbons (Fsp3) is 0.875. The molecule has 0 spiro atoms. The molecule has 1 aromatic rings. The van der Waals surface area contributed by atoms with Gasteiger partial charge in [0, 0.05) is 24.4 Å². The van der Waals surface area contributed by atoms with Crippen LogP contribution in [0.2, 0.25) is 0 Å². The first-order chi connectivity index (χ1) is 9.68. The van der Waals surface area contributed by atoms with Crippen molar-refractivity contribution in [3.63, 3.8) is 0 Å². The van der Waals surface area contributed by atoms with Crippen LogP contribution in [0.1, 0.15) is 70.6 Å². The molecule has 112 valence electrons. The molecule has 2 fully saturated rings. The maximum absolute atomic E-state index is 6.01. The van der Waals surface area contributed by atoms with Crippen LogP contribution in [0.4, 0.5) is 0 Å². The van der Waals surface area contributed by atoms with Gasteiger partial charge in [0.25, 0.3) is 0 Å². The van der Waals surface area contributed by atoms with E-state index in [2.05, 4.69) is 29.4 Å². The minimum absolute atomic E-state index is 0.170. The van der Waals surface area contributed by atoms with Crippen molar-refractivity contribution in [1.82, 2.24) is 15.5 Å². The van der Waals surface area contributed by atoms with E-state index in [9.17, 15) is 0 Å². The van der Waals surface area contributed by atoms with Crippen LogP contribution < -0.4 is 5.32 Å². The first-order valence-corrected chi connectivity index (χ1v) is 8.24. The van der Waals surface area contributed by atoms with Gasteiger partial charge in [0.15, 0.2) is 0 Å². The number of nitrogens with zero attached hydrogens (tertiary/aromatic N) is 2. The number of nitrogens with one attached hydrogen (secondary N) is 1. The molecule has 1 aromatic heterocycles. The molecule has 20 heavy (non-hydrogen) atoms. The van der Waals surface area contributed by atoms with Gasteiger partial charge < -0.3 is 9.73 Å². The van der Waals surface area contributed by atoms with Crippen LogP contribution in [0.5, 0.6) is 0 Å². The monoisotopic (exact) mass is 277 g/mol. The summed E-state index contributed by atoms with van der Waals surface area (Å²) in [4.78, 5) is 0. The van der Waals surface area contributed by atoms with Crippen molar-refractivity contribution < 1.29 is 4.42 Å². The van der Waals surface area contributed by atoms with Crippen LogP contribution >= 0.6 is 0 Å². The average Bonchev–Trinajstić information content (AvgIpc) is 2.89. The molecule has 0 aromatic carbocycles. The predicted octanol–water partition coefficient (Wildman–Crippen LogP) is 3.22. The highest BCUT2D eigenvalue weighted by atomic mass is 16.4. The van der Waals surface area contributed by atoms with E-state index in [-0.39, 0.29) is 5.41 Å². The summed E-state index contributed by atoms with van der Waals surface area (Å²) >= 11 is 0. The molecule has 0 atom stereocenters. The minimum atomic E-state index is 0.170. The Balaban J connectivity index is 1.63. The second-order valence-electron chi connectivity index (χ2n) is 7.06. The minimum Gasteiger partial charge on any atom is -0.425 e. The summed E-state index contributed by atoms with van der Waals surface area (Å²) in [6.45, 7) is 5.54. The highest BCUT2D eigenvalue weighted by Crippen LogP contribution is 2.44. The zero-order chi connectivity index (χ0) is 14.0. The molecule has 0 radical (unpaired) electrons. The van der Waals surface area contributed by atoms with Crippen molar-refractivity contribution in [3.8, 4) is 0 Å². The predicted molar refractivity (Wildman–Crippen MR) is 78.6 cm³/mol. The molecule has 0 bridgehead atoms. The summed E-state index contributed by atoms with van der Waals surface area (Å²) in [6.07, 6.45) is 9.72. The Hall–Kier alpha value is -0.900. The molecule has 0 unspecified atom stereocenters. The van der Waals surface area contributed by atoms with Crippen molar-refractivity contribution in [2.24, 2.45) is 5.92 Å². The smallest absolute Gasteiger partial charge is 0.222 e. The maximum atomic E-state index is 6.01. The zero-order valence-electron chi connectivity index (χ0n) is 12.8. The van der Waals surface area contributed by atoms with Gasteiger partial charge in [-0.3, -0.25) is 0 Å². The van der Waals surface area contributed by atoms with Crippen molar-refractivity contribution in [2.45, 2.75) is 76.7 Å². The Morgan fingerprint density at radius 3 is 2.65 bits per heavy atom. The third-order valence-electron chi connectivity index (χ3n) is 4.63. The van der Waals surface area contributed by atoms with Crippen LogP contribution in [0, 0.1) is 5.92 Å². The summed E-state index contributed by atoms with van der Waals surface area (Å²) in [6, 6.07) is 0.750. The van der Waals surface area contributed by atoms with Crippen LogP contribution in [0.25, 0.3) is 0 Å². The summed E-state index contributed by atoms with van der Waals surface area (Å²) in [5.41, 5.74) is 0.170. The Bertz CT molecular complexity index is 431. The van der Waals surface area contributed by atoms with Gasteiger partial charge in [0.2, 0.25) is 11.8 Å². The fourth-order valence-electron chi connectivity index (χ4n) is 3.58. The number of aromatic nitrogens is 2. The Kier molecular flexibility index (Phi) is 4.11. The van der Waals surface area contributed by atoms with Gasteiger partial charge in [0.1, 0.15) is 0 Å². The standard InChI is InChI=1S/C16H27N3O/c1-12(2)11-16(8-3-4-9-16)15-19-18-14(20-15)7-10-17-13-5-6-13/h12-13,17H,3-11H2,1-2H3. The van der Waals surface area contributed by atoms with Crippen molar-refractivity contribution in [1.29, 1.82) is 0 Å². The van der Waals surface area contributed by atoms with E-state index in [0.717, 1.165) is 30.8 Å². The van der Waals surface area contributed by atoms with Gasteiger partial charge in [-0.1, -0.05) is 26.7 Å². The van der Waals surface area contributed by atoms with E-state index in [1.807, 2.05) is 0 Å². The highest BCUT2D eigenvalue weighted by Gasteiger charge is 2.40. The van der Waals surface area contributed by atoms with Gasteiger partial charge in [-0.25, -0.2) is 0 Å². The van der Waals surface area contributed by atoms with E-state index >= 15 is 0 Å². The second kappa shape index (κ2) is 5.84. The largest absolute Gasteiger partial charge is 0.425 e. The molecule has 0 aliphatic heterocycles. The summed E-state index contributed by atoms with van der Waals surface area (Å²) in [5, 5.41) is 12.2. The summed E-state index contributed by atoms with van der Waals surface area (Å²) < 4.78 is 6.01. The number of hydrogen-bond acceptors (Lipinski definition) is 4. The molecule has 1 heterocycles. The van der Waals surface area contributed by atoms with E-state index in [0.29, 0.717) is 5.92 Å². The SMILES string of the molecule is CC(C)CC1(c2nnc(CCNC3CC3)o2)CCCC1. The molecule has 2 aliphatic rings. The van der Waals surface area contributed by atoms with Crippen molar-refractivity contribution >= 4 is 0 Å². The van der Waals surface area contributed by atoms with E-state index in [1.54, 1.807) is 0 Å². The van der Waals surface area contributed by atoms with Crippen molar-refractivity contribution in [2.75, 3.05) is 6.54 Å². The molecular formula is C16H27N3O. The summed E-state index contributed by atoms with van der Waals surface area (Å²) in [5.74, 6) is 2.40. The first kappa shape index (κ1) is 14.1. The lowest BCUT2D eigenvalue weighted by atomic mass is 9.78. The zero-order valence-corrected chi connectivity index (χ0v) is 12.8. The van der Waals surface area contributed by atoms with Gasteiger partial charge in [-0.15, -0.1) is 10.2 Å². The lowest BCUT2D eigenvalue weighted by Crippen LogP contribution is -2.24. The van der Waals surface area contributed by atoms with Gasteiger partial charge in [0.05, 0.1) is 0 Å². The fourth-order valence-corrected chi connectivity index (χ4v) is 3.58. The van der Waals surface area contributed by atoms with Crippen molar-refractivity contribution in [3.05, 3.63) is 11.8 Å².